The van der Waals surface area contributed by atoms with Gasteiger partial charge in [0.25, 0.3) is 0 Å². The largest absolute Gasteiger partial charge is 0.502 e. The Balaban J connectivity index is 1.64. The van der Waals surface area contributed by atoms with Crippen LogP contribution in [0.3, 0.4) is 0 Å². The second-order valence-corrected chi connectivity index (χ2v) is 6.63. The third-order valence-corrected chi connectivity index (χ3v) is 4.70. The van der Waals surface area contributed by atoms with Gasteiger partial charge < -0.3 is 9.67 Å². The summed E-state index contributed by atoms with van der Waals surface area (Å²) in [6.07, 6.45) is 1.41. The van der Waals surface area contributed by atoms with Gasteiger partial charge in [-0.15, -0.1) is 0 Å². The number of aryl methyl sites for hydroxylation is 1. The van der Waals surface area contributed by atoms with Gasteiger partial charge in [0.15, 0.2) is 0 Å². The molecule has 3 aromatic carbocycles. The Bertz CT molecular complexity index is 1230. The number of imidazole rings is 1. The van der Waals surface area contributed by atoms with Crippen molar-refractivity contribution < 1.29 is 10.0 Å². The van der Waals surface area contributed by atoms with Crippen LogP contribution in [0.1, 0.15) is 17.0 Å². The molecule has 0 bridgehead atoms. The number of nitrogens with zero attached hydrogens (tertiary/aromatic N) is 4. The van der Waals surface area contributed by atoms with Crippen LogP contribution in [0.25, 0.3) is 11.0 Å². The zero-order chi connectivity index (χ0) is 20.4. The number of aromatic nitrogens is 2. The number of rotatable bonds is 5. The van der Waals surface area contributed by atoms with Crippen LogP contribution in [0.15, 0.2) is 71.7 Å². The topological polar surface area (TPSA) is 93.6 Å². The van der Waals surface area contributed by atoms with Crippen molar-refractivity contribution in [1.82, 2.24) is 9.55 Å². The number of phenolic OH excluding ortho intramolecular Hbond substituents is 1. The summed E-state index contributed by atoms with van der Waals surface area (Å²) >= 11 is 0. The number of nitro benzene ring substituents is 1. The van der Waals surface area contributed by atoms with Crippen LogP contribution in [0, 0.1) is 17.0 Å². The van der Waals surface area contributed by atoms with Crippen molar-refractivity contribution in [2.45, 2.75) is 13.5 Å². The Morgan fingerprint density at radius 1 is 1.14 bits per heavy atom. The van der Waals surface area contributed by atoms with E-state index in [9.17, 15) is 15.2 Å². The van der Waals surface area contributed by atoms with E-state index in [4.69, 9.17) is 0 Å². The monoisotopic (exact) mass is 386 g/mol. The lowest BCUT2D eigenvalue weighted by Crippen LogP contribution is -2.01. The van der Waals surface area contributed by atoms with Crippen molar-refractivity contribution >= 4 is 28.6 Å². The van der Waals surface area contributed by atoms with E-state index >= 15 is 0 Å². The van der Waals surface area contributed by atoms with Gasteiger partial charge in [0, 0.05) is 24.4 Å². The lowest BCUT2D eigenvalue weighted by molar-refractivity contribution is -0.385. The molecule has 0 saturated heterocycles. The zero-order valence-corrected chi connectivity index (χ0v) is 15.7. The summed E-state index contributed by atoms with van der Waals surface area (Å²) in [5.41, 5.74) is 3.59. The number of fused-ring (bicyclic) bond motifs is 1. The minimum absolute atomic E-state index is 0.282. The number of aliphatic imine (C=N–C) groups is 1. The van der Waals surface area contributed by atoms with E-state index in [1.54, 1.807) is 6.07 Å². The quantitative estimate of drug-likeness (QED) is 0.304. The Labute approximate surface area is 166 Å². The first-order chi connectivity index (χ1) is 14.0. The van der Waals surface area contributed by atoms with E-state index < -0.39 is 10.7 Å². The van der Waals surface area contributed by atoms with Crippen molar-refractivity contribution in [3.05, 3.63) is 93.8 Å². The summed E-state index contributed by atoms with van der Waals surface area (Å²) in [5.74, 6) is 0.506. The molecule has 0 atom stereocenters. The summed E-state index contributed by atoms with van der Waals surface area (Å²) in [4.78, 5) is 19.3. The van der Waals surface area contributed by atoms with E-state index in [0.29, 0.717) is 5.69 Å². The van der Waals surface area contributed by atoms with Gasteiger partial charge in [-0.1, -0.05) is 36.4 Å². The Kier molecular flexibility index (Phi) is 4.78. The van der Waals surface area contributed by atoms with Gasteiger partial charge in [-0.05, 0) is 36.8 Å². The third-order valence-electron chi connectivity index (χ3n) is 4.70. The molecule has 0 aliphatic carbocycles. The molecule has 0 fully saturated rings. The van der Waals surface area contributed by atoms with Crippen LogP contribution in [-0.2, 0) is 6.54 Å². The molecule has 4 rings (SSSR count). The van der Waals surface area contributed by atoms with Gasteiger partial charge in [-0.2, -0.15) is 0 Å². The number of para-hydroxylation sites is 1. The fourth-order valence-corrected chi connectivity index (χ4v) is 3.23. The highest BCUT2D eigenvalue weighted by Gasteiger charge is 2.15. The molecule has 144 valence electrons. The molecule has 7 nitrogen and oxygen atoms in total. The molecule has 0 unspecified atom stereocenters. The number of aromatic hydroxyl groups is 1. The number of nitro groups is 1. The highest BCUT2D eigenvalue weighted by atomic mass is 16.6. The highest BCUT2D eigenvalue weighted by Crippen LogP contribution is 2.29. The van der Waals surface area contributed by atoms with Crippen LogP contribution in [0.4, 0.5) is 11.4 Å². The fourth-order valence-electron chi connectivity index (χ4n) is 3.23. The zero-order valence-electron chi connectivity index (χ0n) is 15.7. The van der Waals surface area contributed by atoms with Crippen molar-refractivity contribution in [3.63, 3.8) is 0 Å². The molecule has 0 aliphatic rings. The van der Waals surface area contributed by atoms with E-state index in [-0.39, 0.29) is 11.3 Å². The first kappa shape index (κ1) is 18.4. The van der Waals surface area contributed by atoms with Gasteiger partial charge in [-0.25, -0.2) is 4.98 Å². The van der Waals surface area contributed by atoms with Gasteiger partial charge in [0.05, 0.1) is 21.6 Å². The molecule has 1 aromatic heterocycles. The van der Waals surface area contributed by atoms with Crippen molar-refractivity contribution in [2.24, 2.45) is 4.99 Å². The predicted octanol–water partition coefficient (Wildman–Crippen LogP) is 4.76. The number of hydrogen-bond acceptors (Lipinski definition) is 5. The van der Waals surface area contributed by atoms with Gasteiger partial charge in [0.1, 0.15) is 5.82 Å². The standard InChI is InChI=1S/C22H18N4O3/c1-15-24-19-12-18(23-13-17-8-5-9-21(22(17)27)26(28)29)10-11-20(19)25(15)14-16-6-3-2-4-7-16/h2-13,27H,14H2,1H3. The Morgan fingerprint density at radius 3 is 2.69 bits per heavy atom. The van der Waals surface area contributed by atoms with Gasteiger partial charge in [-0.3, -0.25) is 15.1 Å². The van der Waals surface area contributed by atoms with Crippen molar-refractivity contribution in [3.8, 4) is 5.75 Å². The molecule has 0 spiro atoms. The smallest absolute Gasteiger partial charge is 0.311 e. The summed E-state index contributed by atoms with van der Waals surface area (Å²) in [6.45, 7) is 2.69. The van der Waals surface area contributed by atoms with E-state index in [0.717, 1.165) is 23.4 Å². The number of phenols is 1. The average Bonchev–Trinajstić information content (AvgIpc) is 3.02. The number of hydrogen-bond donors (Lipinski definition) is 1. The SMILES string of the molecule is Cc1nc2cc(N=Cc3cccc([N+](=O)[O-])c3O)ccc2n1Cc1ccccc1. The summed E-state index contributed by atoms with van der Waals surface area (Å²) in [5, 5.41) is 21.0. The predicted molar refractivity (Wildman–Crippen MR) is 112 cm³/mol. The molecule has 29 heavy (non-hydrogen) atoms. The molecular formula is C22H18N4O3. The first-order valence-electron chi connectivity index (χ1n) is 9.04. The first-order valence-corrected chi connectivity index (χ1v) is 9.04. The second kappa shape index (κ2) is 7.55. The van der Waals surface area contributed by atoms with E-state index in [1.807, 2.05) is 43.3 Å². The molecule has 7 heteroatoms. The maximum absolute atomic E-state index is 11.0. The Morgan fingerprint density at radius 2 is 1.93 bits per heavy atom. The van der Waals surface area contributed by atoms with Crippen LogP contribution in [-0.4, -0.2) is 25.8 Å². The minimum atomic E-state index is -0.624. The van der Waals surface area contributed by atoms with Crippen LogP contribution < -0.4 is 0 Å². The second-order valence-electron chi connectivity index (χ2n) is 6.63. The normalized spacial score (nSPS) is 11.3. The molecule has 4 aromatic rings. The van der Waals surface area contributed by atoms with Crippen LogP contribution >= 0.6 is 0 Å². The van der Waals surface area contributed by atoms with Crippen molar-refractivity contribution in [1.29, 1.82) is 0 Å². The third kappa shape index (κ3) is 3.70. The summed E-state index contributed by atoms with van der Waals surface area (Å²) in [6, 6.07) is 20.2. The summed E-state index contributed by atoms with van der Waals surface area (Å²) < 4.78 is 2.14. The Hall–Kier alpha value is -4.00. The number of benzene rings is 3. The molecule has 0 aliphatic heterocycles. The maximum atomic E-state index is 11.0. The van der Waals surface area contributed by atoms with E-state index in [1.165, 1.54) is 23.9 Å². The molecule has 1 heterocycles. The highest BCUT2D eigenvalue weighted by molar-refractivity contribution is 5.88. The summed E-state index contributed by atoms with van der Waals surface area (Å²) in [7, 11) is 0. The average molecular weight is 386 g/mol. The van der Waals surface area contributed by atoms with Gasteiger partial charge >= 0.3 is 5.69 Å². The van der Waals surface area contributed by atoms with E-state index in [2.05, 4.69) is 26.7 Å². The minimum Gasteiger partial charge on any atom is -0.502 e. The van der Waals surface area contributed by atoms with Crippen LogP contribution in [0.2, 0.25) is 0 Å². The van der Waals surface area contributed by atoms with Gasteiger partial charge in [0.2, 0.25) is 5.75 Å². The molecule has 1 N–H and O–H groups in total. The maximum Gasteiger partial charge on any atom is 0.311 e. The fraction of sp³-hybridized carbons (Fsp3) is 0.0909. The molecular weight excluding hydrogens is 368 g/mol. The van der Waals surface area contributed by atoms with Crippen LogP contribution in [0.5, 0.6) is 5.75 Å². The molecule has 0 saturated carbocycles. The lowest BCUT2D eigenvalue weighted by atomic mass is 10.2. The van der Waals surface area contributed by atoms with Crippen molar-refractivity contribution in [2.75, 3.05) is 0 Å². The molecule has 0 amide bonds. The molecule has 0 radical (unpaired) electrons. The lowest BCUT2D eigenvalue weighted by Gasteiger charge is -2.07.